The van der Waals surface area contributed by atoms with E-state index in [1.54, 1.807) is 0 Å². The van der Waals surface area contributed by atoms with Gasteiger partial charge in [0.15, 0.2) is 17.3 Å². The predicted molar refractivity (Wildman–Crippen MR) is 131 cm³/mol. The highest BCUT2D eigenvalue weighted by Crippen LogP contribution is 2.36. The summed E-state index contributed by atoms with van der Waals surface area (Å²) < 4.78 is 13.4. The molecule has 35 heavy (non-hydrogen) atoms. The molecule has 1 fully saturated rings. The van der Waals surface area contributed by atoms with Crippen molar-refractivity contribution in [3.63, 3.8) is 0 Å². The lowest BCUT2D eigenvalue weighted by Crippen LogP contribution is -2.37. The average molecular weight is 483 g/mol. The smallest absolute Gasteiger partial charge is 0.252 e. The van der Waals surface area contributed by atoms with Crippen molar-refractivity contribution in [1.29, 1.82) is 0 Å². The van der Waals surface area contributed by atoms with Crippen molar-refractivity contribution in [2.24, 2.45) is 5.92 Å². The van der Waals surface area contributed by atoms with Gasteiger partial charge >= 0.3 is 0 Å². The molecule has 1 aliphatic heterocycles. The van der Waals surface area contributed by atoms with E-state index in [4.69, 9.17) is 9.47 Å². The van der Waals surface area contributed by atoms with E-state index in [1.165, 1.54) is 12.8 Å². The van der Waals surface area contributed by atoms with Gasteiger partial charge in [-0.25, -0.2) is 4.68 Å². The summed E-state index contributed by atoms with van der Waals surface area (Å²) in [7, 11) is 0. The van der Waals surface area contributed by atoms with Crippen molar-refractivity contribution in [1.82, 2.24) is 30.1 Å². The Morgan fingerprint density at radius 2 is 1.91 bits per heavy atom. The van der Waals surface area contributed by atoms with Gasteiger partial charge in [-0.1, -0.05) is 26.7 Å². The molecule has 1 aromatic carbocycles. The number of aromatic nitrogens is 5. The van der Waals surface area contributed by atoms with Crippen molar-refractivity contribution in [3.05, 3.63) is 39.9 Å². The third-order valence-corrected chi connectivity index (χ3v) is 7.04. The van der Waals surface area contributed by atoms with E-state index >= 15 is 0 Å². The van der Waals surface area contributed by atoms with Crippen LogP contribution in [0.1, 0.15) is 69.4 Å². The summed E-state index contributed by atoms with van der Waals surface area (Å²) in [6.45, 7) is 6.42. The summed E-state index contributed by atoms with van der Waals surface area (Å²) in [5, 5.41) is 23.3. The highest BCUT2D eigenvalue weighted by molar-refractivity contribution is 5.83. The Morgan fingerprint density at radius 3 is 2.63 bits per heavy atom. The molecule has 1 unspecified atom stereocenters. The van der Waals surface area contributed by atoms with E-state index in [0.29, 0.717) is 55.8 Å². The maximum Gasteiger partial charge on any atom is 0.252 e. The van der Waals surface area contributed by atoms with Gasteiger partial charge in [0.1, 0.15) is 13.2 Å². The number of rotatable bonds is 9. The Kier molecular flexibility index (Phi) is 7.01. The molecule has 3 aromatic rings. The van der Waals surface area contributed by atoms with Crippen LogP contribution in [0.2, 0.25) is 0 Å². The Morgan fingerprint density at radius 1 is 1.17 bits per heavy atom. The van der Waals surface area contributed by atoms with Gasteiger partial charge in [-0.05, 0) is 47.7 Å². The fourth-order valence-corrected chi connectivity index (χ4v) is 5.40. The molecule has 10 heteroatoms. The van der Waals surface area contributed by atoms with Crippen molar-refractivity contribution >= 4 is 10.9 Å². The van der Waals surface area contributed by atoms with Crippen LogP contribution in [0, 0.1) is 5.92 Å². The van der Waals surface area contributed by atoms with E-state index < -0.39 is 0 Å². The predicted octanol–water partition coefficient (Wildman–Crippen LogP) is 2.98. The molecular weight excluding hydrogens is 448 g/mol. The first kappa shape index (κ1) is 23.7. The summed E-state index contributed by atoms with van der Waals surface area (Å²) >= 11 is 0. The molecule has 0 spiro atoms. The maximum atomic E-state index is 13.1. The largest absolute Gasteiger partial charge is 0.486 e. The SMILES string of the molecule is CC(C)C(c1nnnn1C1CCCC1)N(CCCO)Cc1cc2cc3c(cc2[nH]c1=O)OCCO3. The second kappa shape index (κ2) is 10.3. The Hall–Kier alpha value is -2.98. The molecule has 3 heterocycles. The number of pyridine rings is 1. The topological polar surface area (TPSA) is 118 Å². The van der Waals surface area contributed by atoms with E-state index in [2.05, 4.69) is 39.3 Å². The maximum absolute atomic E-state index is 13.1. The number of aliphatic hydroxyl groups is 1. The molecule has 188 valence electrons. The van der Waals surface area contributed by atoms with Crippen molar-refractivity contribution in [2.45, 2.75) is 64.6 Å². The molecule has 0 amide bonds. The quantitative estimate of drug-likeness (QED) is 0.478. The Bertz CT molecular complexity index is 1220. The zero-order chi connectivity index (χ0) is 24.4. The number of hydrogen-bond donors (Lipinski definition) is 2. The van der Waals surface area contributed by atoms with Gasteiger partial charge in [0.05, 0.1) is 17.6 Å². The average Bonchev–Trinajstić information content (AvgIpc) is 3.54. The number of nitrogens with one attached hydrogen (secondary N) is 1. The molecule has 1 atom stereocenters. The minimum Gasteiger partial charge on any atom is -0.486 e. The molecule has 5 rings (SSSR count). The van der Waals surface area contributed by atoms with Crippen LogP contribution < -0.4 is 15.0 Å². The van der Waals surface area contributed by atoms with Crippen LogP contribution in [0.4, 0.5) is 0 Å². The van der Waals surface area contributed by atoms with Crippen molar-refractivity contribution in [3.8, 4) is 11.5 Å². The molecule has 0 radical (unpaired) electrons. The van der Waals surface area contributed by atoms with Gasteiger partial charge in [0.2, 0.25) is 0 Å². The summed E-state index contributed by atoms with van der Waals surface area (Å²) in [5.41, 5.74) is 1.23. The van der Waals surface area contributed by atoms with Gasteiger partial charge < -0.3 is 19.6 Å². The number of ether oxygens (including phenoxy) is 2. The molecule has 1 saturated carbocycles. The number of aliphatic hydroxyl groups excluding tert-OH is 1. The summed E-state index contributed by atoms with van der Waals surface area (Å²) in [6, 6.07) is 5.90. The third-order valence-electron chi connectivity index (χ3n) is 7.04. The molecule has 2 aliphatic rings. The molecular formula is C25H34N6O4. The van der Waals surface area contributed by atoms with Crippen LogP contribution in [0.5, 0.6) is 11.5 Å². The van der Waals surface area contributed by atoms with E-state index in [-0.39, 0.29) is 24.1 Å². The fraction of sp³-hybridized carbons (Fsp3) is 0.600. The highest BCUT2D eigenvalue weighted by atomic mass is 16.6. The standard InChI is InChI=1S/C25H34N6O4/c1-16(2)23(24-27-28-29-31(24)19-6-3-4-7-19)30(8-5-9-32)15-18-12-17-13-21-22(35-11-10-34-21)14-20(17)26-25(18)33/h12-14,16,19,23,32H,3-11,15H2,1-2H3,(H,26,33). The van der Waals surface area contributed by atoms with Gasteiger partial charge in [0.25, 0.3) is 5.56 Å². The molecule has 2 N–H and O–H groups in total. The first-order valence-corrected chi connectivity index (χ1v) is 12.6. The van der Waals surface area contributed by atoms with E-state index in [9.17, 15) is 9.90 Å². The van der Waals surface area contributed by atoms with Crippen LogP contribution in [-0.4, -0.2) is 61.6 Å². The Balaban J connectivity index is 1.50. The lowest BCUT2D eigenvalue weighted by Gasteiger charge is -2.34. The highest BCUT2D eigenvalue weighted by Gasteiger charge is 2.32. The third kappa shape index (κ3) is 4.90. The van der Waals surface area contributed by atoms with Gasteiger partial charge in [-0.2, -0.15) is 0 Å². The first-order chi connectivity index (χ1) is 17.0. The number of benzene rings is 1. The van der Waals surface area contributed by atoms with Crippen LogP contribution in [0.3, 0.4) is 0 Å². The fourth-order valence-electron chi connectivity index (χ4n) is 5.40. The number of H-pyrrole nitrogens is 1. The van der Waals surface area contributed by atoms with Gasteiger partial charge in [-0.15, -0.1) is 5.10 Å². The first-order valence-electron chi connectivity index (χ1n) is 12.6. The minimum atomic E-state index is -0.138. The zero-order valence-corrected chi connectivity index (χ0v) is 20.4. The van der Waals surface area contributed by atoms with Crippen LogP contribution >= 0.6 is 0 Å². The van der Waals surface area contributed by atoms with E-state index in [1.807, 2.05) is 22.9 Å². The molecule has 1 aliphatic carbocycles. The van der Waals surface area contributed by atoms with E-state index in [0.717, 1.165) is 29.6 Å². The monoisotopic (exact) mass is 482 g/mol. The second-order valence-corrected chi connectivity index (χ2v) is 9.86. The lowest BCUT2D eigenvalue weighted by molar-refractivity contribution is 0.120. The Labute approximate surface area is 204 Å². The summed E-state index contributed by atoms with van der Waals surface area (Å²) in [6.07, 6.45) is 5.14. The lowest BCUT2D eigenvalue weighted by atomic mass is 9.99. The van der Waals surface area contributed by atoms with Crippen molar-refractivity contribution in [2.75, 3.05) is 26.4 Å². The number of nitrogens with zero attached hydrogens (tertiary/aromatic N) is 5. The molecule has 0 bridgehead atoms. The minimum absolute atomic E-state index is 0.0758. The number of hydrogen-bond acceptors (Lipinski definition) is 8. The van der Waals surface area contributed by atoms with Crippen LogP contribution in [0.15, 0.2) is 23.0 Å². The number of aromatic amines is 1. The van der Waals surface area contributed by atoms with Gasteiger partial charge in [-0.3, -0.25) is 9.69 Å². The van der Waals surface area contributed by atoms with Crippen LogP contribution in [-0.2, 0) is 6.54 Å². The summed E-state index contributed by atoms with van der Waals surface area (Å²) in [4.78, 5) is 18.4. The molecule has 0 saturated heterocycles. The normalized spacial score (nSPS) is 17.1. The molecule has 10 nitrogen and oxygen atoms in total. The van der Waals surface area contributed by atoms with Crippen molar-refractivity contribution < 1.29 is 14.6 Å². The molecule has 2 aromatic heterocycles. The summed E-state index contributed by atoms with van der Waals surface area (Å²) in [5.74, 6) is 2.38. The number of tetrazole rings is 1. The second-order valence-electron chi connectivity index (χ2n) is 9.86. The zero-order valence-electron chi connectivity index (χ0n) is 20.4. The number of fused-ring (bicyclic) bond motifs is 2. The van der Waals surface area contributed by atoms with Crippen LogP contribution in [0.25, 0.3) is 10.9 Å². The van der Waals surface area contributed by atoms with Gasteiger partial charge in [0, 0.05) is 36.7 Å².